The summed E-state index contributed by atoms with van der Waals surface area (Å²) >= 11 is 0. The third-order valence-electron chi connectivity index (χ3n) is 4.03. The number of hydrogen-bond acceptors (Lipinski definition) is 3. The first-order chi connectivity index (χ1) is 10.8. The van der Waals surface area contributed by atoms with Crippen molar-refractivity contribution in [3.05, 3.63) is 29.8 Å². The summed E-state index contributed by atoms with van der Waals surface area (Å²) in [4.78, 5) is 0. The summed E-state index contributed by atoms with van der Waals surface area (Å²) in [6.45, 7) is 8.32. The van der Waals surface area contributed by atoms with Crippen molar-refractivity contribution in [2.24, 2.45) is 0 Å². The van der Waals surface area contributed by atoms with Crippen LogP contribution in [0.5, 0.6) is 5.75 Å². The fourth-order valence-corrected chi connectivity index (χ4v) is 3.85. The van der Waals surface area contributed by atoms with Gasteiger partial charge in [0.1, 0.15) is 12.4 Å². The van der Waals surface area contributed by atoms with E-state index in [2.05, 4.69) is 25.5 Å². The van der Waals surface area contributed by atoms with E-state index in [0.29, 0.717) is 19.7 Å². The highest BCUT2D eigenvalue weighted by Crippen LogP contribution is 2.24. The van der Waals surface area contributed by atoms with Crippen molar-refractivity contribution in [1.82, 2.24) is 9.03 Å². The molecule has 1 N–H and O–H groups in total. The summed E-state index contributed by atoms with van der Waals surface area (Å²) in [5.74, 6) is 0.759. The van der Waals surface area contributed by atoms with Gasteiger partial charge in [-0.2, -0.15) is 17.4 Å². The SMILES string of the molecule is CC(C)(C)c1ccc(OCCNS(=O)(=O)N2CCCCC2)cc1. The van der Waals surface area contributed by atoms with E-state index < -0.39 is 10.2 Å². The van der Waals surface area contributed by atoms with E-state index in [1.54, 1.807) is 0 Å². The first-order valence-corrected chi connectivity index (χ1v) is 9.71. The molecule has 0 radical (unpaired) electrons. The van der Waals surface area contributed by atoms with Crippen molar-refractivity contribution >= 4 is 10.2 Å². The number of ether oxygens (including phenoxy) is 1. The van der Waals surface area contributed by atoms with Crippen molar-refractivity contribution in [2.45, 2.75) is 45.4 Å². The Morgan fingerprint density at radius 3 is 2.26 bits per heavy atom. The molecule has 6 heteroatoms. The molecule has 1 aromatic carbocycles. The monoisotopic (exact) mass is 340 g/mol. The zero-order chi connectivity index (χ0) is 16.9. The van der Waals surface area contributed by atoms with Gasteiger partial charge in [0.05, 0.1) is 0 Å². The molecule has 23 heavy (non-hydrogen) atoms. The molecule has 0 unspecified atom stereocenters. The second-order valence-electron chi connectivity index (χ2n) is 6.98. The zero-order valence-corrected chi connectivity index (χ0v) is 15.2. The van der Waals surface area contributed by atoms with E-state index in [4.69, 9.17) is 4.74 Å². The number of hydrogen-bond donors (Lipinski definition) is 1. The largest absolute Gasteiger partial charge is 0.492 e. The van der Waals surface area contributed by atoms with Gasteiger partial charge in [-0.25, -0.2) is 0 Å². The van der Waals surface area contributed by atoms with Crippen LogP contribution < -0.4 is 9.46 Å². The van der Waals surface area contributed by atoms with Crippen LogP contribution in [0.25, 0.3) is 0 Å². The Kier molecular flexibility index (Phi) is 6.06. The van der Waals surface area contributed by atoms with E-state index in [9.17, 15) is 8.42 Å². The van der Waals surface area contributed by atoms with Crippen molar-refractivity contribution in [3.8, 4) is 5.75 Å². The van der Waals surface area contributed by atoms with Crippen LogP contribution >= 0.6 is 0 Å². The minimum absolute atomic E-state index is 0.114. The Hall–Kier alpha value is -1.11. The van der Waals surface area contributed by atoms with Crippen molar-refractivity contribution < 1.29 is 13.2 Å². The maximum atomic E-state index is 12.1. The van der Waals surface area contributed by atoms with Gasteiger partial charge in [0.25, 0.3) is 10.2 Å². The summed E-state index contributed by atoms with van der Waals surface area (Å²) < 4.78 is 34.0. The lowest BCUT2D eigenvalue weighted by molar-refractivity contribution is 0.313. The van der Waals surface area contributed by atoms with Crippen molar-refractivity contribution in [2.75, 3.05) is 26.2 Å². The lowest BCUT2D eigenvalue weighted by Crippen LogP contribution is -2.44. The molecule has 0 aromatic heterocycles. The Morgan fingerprint density at radius 1 is 1.09 bits per heavy atom. The van der Waals surface area contributed by atoms with E-state index in [0.717, 1.165) is 25.0 Å². The van der Waals surface area contributed by atoms with Gasteiger partial charge < -0.3 is 4.74 Å². The Labute approximate surface area is 140 Å². The Bertz CT molecular complexity index is 585. The molecule has 1 aliphatic heterocycles. The zero-order valence-electron chi connectivity index (χ0n) is 14.3. The lowest BCUT2D eigenvalue weighted by Gasteiger charge is -2.25. The predicted molar refractivity (Wildman–Crippen MR) is 93.0 cm³/mol. The van der Waals surface area contributed by atoms with Gasteiger partial charge >= 0.3 is 0 Å². The summed E-state index contributed by atoms with van der Waals surface area (Å²) in [6.07, 6.45) is 2.99. The van der Waals surface area contributed by atoms with Crippen LogP contribution in [0, 0.1) is 0 Å². The second-order valence-corrected chi connectivity index (χ2v) is 8.74. The lowest BCUT2D eigenvalue weighted by atomic mass is 9.87. The molecule has 0 atom stereocenters. The highest BCUT2D eigenvalue weighted by Gasteiger charge is 2.22. The number of nitrogens with zero attached hydrogens (tertiary/aromatic N) is 1. The summed E-state index contributed by atoms with van der Waals surface area (Å²) in [7, 11) is -3.36. The quantitative estimate of drug-likeness (QED) is 0.810. The number of rotatable bonds is 6. The minimum Gasteiger partial charge on any atom is -0.492 e. The highest BCUT2D eigenvalue weighted by molar-refractivity contribution is 7.87. The topological polar surface area (TPSA) is 58.6 Å². The molecule has 0 bridgehead atoms. The molecule has 1 saturated heterocycles. The molecule has 0 amide bonds. The third-order valence-corrected chi connectivity index (χ3v) is 5.64. The molecular weight excluding hydrogens is 312 g/mol. The maximum Gasteiger partial charge on any atom is 0.279 e. The van der Waals surface area contributed by atoms with E-state index in [-0.39, 0.29) is 12.0 Å². The molecule has 1 aliphatic rings. The Morgan fingerprint density at radius 2 is 1.70 bits per heavy atom. The molecule has 5 nitrogen and oxygen atoms in total. The smallest absolute Gasteiger partial charge is 0.279 e. The van der Waals surface area contributed by atoms with Crippen LogP contribution in [-0.4, -0.2) is 39.0 Å². The molecule has 1 aromatic rings. The van der Waals surface area contributed by atoms with E-state index in [1.165, 1.54) is 9.87 Å². The van der Waals surface area contributed by atoms with Gasteiger partial charge in [0.2, 0.25) is 0 Å². The van der Waals surface area contributed by atoms with Gasteiger partial charge in [0.15, 0.2) is 0 Å². The molecule has 1 fully saturated rings. The predicted octanol–water partition coefficient (Wildman–Crippen LogP) is 2.68. The minimum atomic E-state index is -3.36. The van der Waals surface area contributed by atoms with Crippen LogP contribution in [0.3, 0.4) is 0 Å². The average molecular weight is 340 g/mol. The molecule has 0 spiro atoms. The highest BCUT2D eigenvalue weighted by atomic mass is 32.2. The maximum absolute atomic E-state index is 12.1. The van der Waals surface area contributed by atoms with Crippen molar-refractivity contribution in [3.63, 3.8) is 0 Å². The fourth-order valence-electron chi connectivity index (χ4n) is 2.59. The van der Waals surface area contributed by atoms with Crippen LogP contribution in [0.1, 0.15) is 45.6 Å². The summed E-state index contributed by atoms with van der Waals surface area (Å²) in [5.41, 5.74) is 1.36. The van der Waals surface area contributed by atoms with E-state index >= 15 is 0 Å². The molecular formula is C17H28N2O3S. The number of piperidine rings is 1. The van der Waals surface area contributed by atoms with Gasteiger partial charge in [-0.05, 0) is 36.0 Å². The fraction of sp³-hybridized carbons (Fsp3) is 0.647. The van der Waals surface area contributed by atoms with Crippen LogP contribution in [-0.2, 0) is 15.6 Å². The van der Waals surface area contributed by atoms with Crippen LogP contribution in [0.15, 0.2) is 24.3 Å². The third kappa shape index (κ3) is 5.48. The number of nitrogens with one attached hydrogen (secondary N) is 1. The summed E-state index contributed by atoms with van der Waals surface area (Å²) in [5, 5.41) is 0. The first-order valence-electron chi connectivity index (χ1n) is 8.27. The second kappa shape index (κ2) is 7.64. The van der Waals surface area contributed by atoms with Gasteiger partial charge in [-0.1, -0.05) is 39.3 Å². The van der Waals surface area contributed by atoms with E-state index in [1.807, 2.05) is 24.3 Å². The van der Waals surface area contributed by atoms with Gasteiger partial charge in [0, 0.05) is 19.6 Å². The Balaban J connectivity index is 1.76. The van der Waals surface area contributed by atoms with Crippen molar-refractivity contribution in [1.29, 1.82) is 0 Å². The molecule has 0 aliphatic carbocycles. The molecule has 0 saturated carbocycles. The summed E-state index contributed by atoms with van der Waals surface area (Å²) in [6, 6.07) is 7.96. The molecule has 2 rings (SSSR count). The van der Waals surface area contributed by atoms with Crippen LogP contribution in [0.2, 0.25) is 0 Å². The number of benzene rings is 1. The first kappa shape index (κ1) is 18.2. The van der Waals surface area contributed by atoms with Crippen LogP contribution in [0.4, 0.5) is 0 Å². The van der Waals surface area contributed by atoms with Gasteiger partial charge in [-0.15, -0.1) is 0 Å². The normalized spacial score (nSPS) is 17.2. The van der Waals surface area contributed by atoms with Gasteiger partial charge in [-0.3, -0.25) is 0 Å². The molecule has 130 valence electrons. The average Bonchev–Trinajstić information content (AvgIpc) is 2.52. The molecule has 1 heterocycles. The standard InChI is InChI=1S/C17H28N2O3S/c1-17(2,3)15-7-9-16(10-8-15)22-14-11-18-23(20,21)19-12-5-4-6-13-19/h7-10,18H,4-6,11-14H2,1-3H3.